The van der Waals surface area contributed by atoms with Crippen LogP contribution in [-0.4, -0.2) is 40.8 Å². The van der Waals surface area contributed by atoms with Crippen molar-refractivity contribution in [2.24, 2.45) is 11.8 Å². The fourth-order valence-corrected chi connectivity index (χ4v) is 6.44. The zero-order chi connectivity index (χ0) is 13.2. The van der Waals surface area contributed by atoms with Crippen LogP contribution in [0.15, 0.2) is 0 Å². The molecule has 0 radical (unpaired) electrons. The zero-order valence-corrected chi connectivity index (χ0v) is 12.0. The Kier molecular flexibility index (Phi) is 2.88. The average molecular weight is 261 g/mol. The molecule has 0 aromatic carbocycles. The van der Waals surface area contributed by atoms with Gasteiger partial charge in [-0.2, -0.15) is 4.31 Å². The summed E-state index contributed by atoms with van der Waals surface area (Å²) in [5, 5.41) is 9.98. The SMILES string of the molecule is CC1CC2C(C)C(C1O)N(C(C)(C)C)S2(=O)=O. The minimum absolute atomic E-state index is 0.0189. The summed E-state index contributed by atoms with van der Waals surface area (Å²) in [7, 11) is -3.26. The Bertz CT molecular complexity index is 412. The number of aliphatic hydroxyl groups excluding tert-OH is 1. The van der Waals surface area contributed by atoms with Crippen LogP contribution in [-0.2, 0) is 10.0 Å². The van der Waals surface area contributed by atoms with Gasteiger partial charge in [0.15, 0.2) is 0 Å². The third-order valence-electron chi connectivity index (χ3n) is 4.25. The first kappa shape index (κ1) is 13.3. The van der Waals surface area contributed by atoms with Crippen molar-refractivity contribution in [1.29, 1.82) is 0 Å². The van der Waals surface area contributed by atoms with E-state index in [1.165, 1.54) is 0 Å². The van der Waals surface area contributed by atoms with Gasteiger partial charge in [-0.1, -0.05) is 13.8 Å². The number of rotatable bonds is 0. The average Bonchev–Trinajstić information content (AvgIpc) is 2.29. The fourth-order valence-electron chi connectivity index (χ4n) is 3.48. The molecule has 100 valence electrons. The van der Waals surface area contributed by atoms with E-state index in [1.807, 2.05) is 34.6 Å². The lowest BCUT2D eigenvalue weighted by Gasteiger charge is -2.40. The highest BCUT2D eigenvalue weighted by Gasteiger charge is 2.60. The highest BCUT2D eigenvalue weighted by molar-refractivity contribution is 7.90. The number of hydrogen-bond donors (Lipinski definition) is 1. The molecule has 2 bridgehead atoms. The van der Waals surface area contributed by atoms with E-state index >= 15 is 0 Å². The molecule has 5 unspecified atom stereocenters. The van der Waals surface area contributed by atoms with Gasteiger partial charge in [0.1, 0.15) is 0 Å². The van der Waals surface area contributed by atoms with E-state index in [4.69, 9.17) is 0 Å². The summed E-state index contributed by atoms with van der Waals surface area (Å²) in [6.45, 7) is 9.59. The van der Waals surface area contributed by atoms with Crippen molar-refractivity contribution in [2.45, 2.75) is 64.0 Å². The summed E-state index contributed by atoms with van der Waals surface area (Å²) in [6.07, 6.45) is 0.0334. The predicted molar refractivity (Wildman–Crippen MR) is 67.0 cm³/mol. The highest BCUT2D eigenvalue weighted by Crippen LogP contribution is 2.47. The summed E-state index contributed by atoms with van der Waals surface area (Å²) in [5.74, 6) is 0.0775. The molecule has 1 N–H and O–H groups in total. The van der Waals surface area contributed by atoms with Gasteiger partial charge in [0, 0.05) is 5.54 Å². The number of nitrogens with zero attached hydrogens (tertiary/aromatic N) is 1. The van der Waals surface area contributed by atoms with E-state index < -0.39 is 21.7 Å². The molecule has 0 aromatic heterocycles. The second-order valence-corrected chi connectivity index (χ2v) is 8.63. The van der Waals surface area contributed by atoms with Gasteiger partial charge in [0.05, 0.1) is 17.4 Å². The monoisotopic (exact) mass is 261 g/mol. The van der Waals surface area contributed by atoms with Crippen LogP contribution in [0.3, 0.4) is 0 Å². The van der Waals surface area contributed by atoms with Gasteiger partial charge in [-0.15, -0.1) is 0 Å². The van der Waals surface area contributed by atoms with Crippen molar-refractivity contribution in [1.82, 2.24) is 4.31 Å². The minimum Gasteiger partial charge on any atom is -0.391 e. The molecule has 17 heavy (non-hydrogen) atoms. The standard InChI is InChI=1S/C12H23NO3S/c1-7-6-9-8(2)10(11(7)14)13(12(3,4)5)17(9,15)16/h7-11,14H,6H2,1-5H3. The topological polar surface area (TPSA) is 57.6 Å². The molecule has 1 heterocycles. The van der Waals surface area contributed by atoms with Crippen LogP contribution in [0.5, 0.6) is 0 Å². The van der Waals surface area contributed by atoms with Crippen molar-refractivity contribution < 1.29 is 13.5 Å². The van der Waals surface area contributed by atoms with Crippen molar-refractivity contribution >= 4 is 10.0 Å². The maximum atomic E-state index is 12.5. The zero-order valence-electron chi connectivity index (χ0n) is 11.2. The van der Waals surface area contributed by atoms with E-state index in [2.05, 4.69) is 0 Å². The molecule has 0 amide bonds. The van der Waals surface area contributed by atoms with E-state index in [9.17, 15) is 13.5 Å². The third-order valence-corrected chi connectivity index (χ3v) is 6.98. The van der Waals surface area contributed by atoms with Gasteiger partial charge < -0.3 is 5.11 Å². The van der Waals surface area contributed by atoms with Crippen LogP contribution >= 0.6 is 0 Å². The van der Waals surface area contributed by atoms with Gasteiger partial charge in [-0.25, -0.2) is 8.42 Å². The molecule has 1 aliphatic heterocycles. The molecule has 1 saturated heterocycles. The number of aliphatic hydroxyl groups is 1. The van der Waals surface area contributed by atoms with Crippen LogP contribution in [0.25, 0.3) is 0 Å². The summed E-state index contributed by atoms with van der Waals surface area (Å²) in [4.78, 5) is 0. The van der Waals surface area contributed by atoms with Gasteiger partial charge in [0.25, 0.3) is 0 Å². The van der Waals surface area contributed by atoms with Crippen LogP contribution < -0.4 is 0 Å². The molecule has 1 saturated carbocycles. The van der Waals surface area contributed by atoms with Crippen molar-refractivity contribution in [2.75, 3.05) is 0 Å². The first-order valence-corrected chi connectivity index (χ1v) is 7.80. The predicted octanol–water partition coefficient (Wildman–Crippen LogP) is 1.20. The third kappa shape index (κ3) is 1.74. The number of fused-ring (bicyclic) bond motifs is 2. The fraction of sp³-hybridized carbons (Fsp3) is 1.00. The summed E-state index contributed by atoms with van der Waals surface area (Å²) < 4.78 is 26.6. The van der Waals surface area contributed by atoms with Gasteiger partial charge in [-0.3, -0.25) is 0 Å². The Morgan fingerprint density at radius 2 is 1.76 bits per heavy atom. The maximum absolute atomic E-state index is 12.5. The van der Waals surface area contributed by atoms with Crippen LogP contribution in [0.2, 0.25) is 0 Å². The summed E-state index contributed by atoms with van der Waals surface area (Å²) in [5.41, 5.74) is -0.461. The van der Waals surface area contributed by atoms with Crippen LogP contribution in [0.4, 0.5) is 0 Å². The van der Waals surface area contributed by atoms with Crippen molar-refractivity contribution in [3.63, 3.8) is 0 Å². The smallest absolute Gasteiger partial charge is 0.218 e. The Labute approximate surface area is 104 Å². The Morgan fingerprint density at radius 1 is 1.24 bits per heavy atom. The molecule has 5 atom stereocenters. The molecule has 4 nitrogen and oxygen atoms in total. The lowest BCUT2D eigenvalue weighted by Crippen LogP contribution is -2.53. The molecular weight excluding hydrogens is 238 g/mol. The van der Waals surface area contributed by atoms with E-state index in [-0.39, 0.29) is 23.1 Å². The molecule has 2 aliphatic rings. The largest absolute Gasteiger partial charge is 0.391 e. The molecule has 2 rings (SSSR count). The van der Waals surface area contributed by atoms with Gasteiger partial charge in [-0.05, 0) is 39.0 Å². The van der Waals surface area contributed by atoms with Crippen molar-refractivity contribution in [3.05, 3.63) is 0 Å². The highest BCUT2D eigenvalue weighted by atomic mass is 32.2. The molecule has 0 spiro atoms. The van der Waals surface area contributed by atoms with Crippen LogP contribution in [0.1, 0.15) is 41.0 Å². The Balaban J connectivity index is 2.54. The Morgan fingerprint density at radius 3 is 2.24 bits per heavy atom. The summed E-state index contributed by atoms with van der Waals surface area (Å²) in [6, 6.07) is -0.256. The number of hydrogen-bond acceptors (Lipinski definition) is 3. The summed E-state index contributed by atoms with van der Waals surface area (Å²) >= 11 is 0. The quantitative estimate of drug-likeness (QED) is 0.713. The van der Waals surface area contributed by atoms with E-state index in [0.29, 0.717) is 6.42 Å². The van der Waals surface area contributed by atoms with Gasteiger partial charge in [0.2, 0.25) is 10.0 Å². The number of sulfonamides is 1. The second kappa shape index (κ2) is 3.68. The first-order valence-electron chi connectivity index (χ1n) is 6.30. The lowest BCUT2D eigenvalue weighted by atomic mass is 9.77. The molecule has 5 heteroatoms. The lowest BCUT2D eigenvalue weighted by molar-refractivity contribution is -0.0105. The molecule has 2 fully saturated rings. The van der Waals surface area contributed by atoms with Crippen molar-refractivity contribution in [3.8, 4) is 0 Å². The first-order chi connectivity index (χ1) is 7.58. The minimum atomic E-state index is -3.26. The van der Waals surface area contributed by atoms with E-state index in [1.54, 1.807) is 4.31 Å². The molecular formula is C12H23NO3S. The Hall–Kier alpha value is -0.130. The maximum Gasteiger partial charge on any atom is 0.218 e. The molecule has 1 aliphatic carbocycles. The van der Waals surface area contributed by atoms with Crippen LogP contribution in [0, 0.1) is 11.8 Å². The normalized spacial score (nSPS) is 46.1. The van der Waals surface area contributed by atoms with Gasteiger partial charge >= 0.3 is 0 Å². The molecule has 0 aromatic rings. The second-order valence-electron chi connectivity index (χ2n) is 6.60. The van der Waals surface area contributed by atoms with E-state index in [0.717, 1.165) is 0 Å².